The molecular weight excluding hydrogens is 428 g/mol. The molecule has 1 aliphatic rings. The van der Waals surface area contributed by atoms with Crippen LogP contribution in [0.3, 0.4) is 0 Å². The minimum atomic E-state index is -0.511. The summed E-state index contributed by atoms with van der Waals surface area (Å²) in [6, 6.07) is 19.7. The maximum Gasteiger partial charge on any atom is 0.410 e. The summed E-state index contributed by atoms with van der Waals surface area (Å²) in [5.41, 5.74) is 2.35. The average molecular weight is 457 g/mol. The number of benzene rings is 2. The van der Waals surface area contributed by atoms with E-state index in [1.54, 1.807) is 11.1 Å². The fourth-order valence-electron chi connectivity index (χ4n) is 4.22. The summed E-state index contributed by atoms with van der Waals surface area (Å²) in [6.45, 7) is 6.86. The lowest BCUT2D eigenvalue weighted by Crippen LogP contribution is -2.35. The molecule has 7 nitrogen and oxygen atoms in total. The van der Waals surface area contributed by atoms with Crippen LogP contribution in [0.25, 0.3) is 22.2 Å². The second-order valence-electron chi connectivity index (χ2n) is 9.49. The highest BCUT2D eigenvalue weighted by atomic mass is 16.6. The Morgan fingerprint density at radius 3 is 2.47 bits per heavy atom. The molecule has 5 rings (SSSR count). The number of amides is 1. The van der Waals surface area contributed by atoms with Crippen molar-refractivity contribution in [3.05, 3.63) is 73.1 Å². The third-order valence-electron chi connectivity index (χ3n) is 5.78. The maximum atomic E-state index is 12.5. The van der Waals surface area contributed by atoms with Gasteiger partial charge in [-0.3, -0.25) is 9.67 Å². The van der Waals surface area contributed by atoms with E-state index in [2.05, 4.69) is 4.98 Å². The number of para-hydroxylation sites is 1. The molecule has 1 saturated heterocycles. The molecule has 0 spiro atoms. The number of pyridine rings is 1. The first-order valence-corrected chi connectivity index (χ1v) is 11.5. The first-order valence-electron chi connectivity index (χ1n) is 11.5. The lowest BCUT2D eigenvalue weighted by molar-refractivity contribution is 0.0288. The molecule has 1 fully saturated rings. The van der Waals surface area contributed by atoms with Crippen LogP contribution in [-0.2, 0) is 4.74 Å². The molecule has 174 valence electrons. The number of nitrogens with zero attached hydrogens (tertiary/aromatic N) is 4. The smallest absolute Gasteiger partial charge is 0.410 e. The van der Waals surface area contributed by atoms with Crippen molar-refractivity contribution in [1.29, 1.82) is 0 Å². The third-order valence-corrected chi connectivity index (χ3v) is 5.78. The summed E-state index contributed by atoms with van der Waals surface area (Å²) < 4.78 is 13.5. The SMILES string of the molecule is CC(C)(C)OC(=O)N1CCC(n2nc(-c3ccc(Oc4ccccc4)cc3)c3cnccc32)C1. The van der Waals surface area contributed by atoms with Gasteiger partial charge in [-0.15, -0.1) is 0 Å². The summed E-state index contributed by atoms with van der Waals surface area (Å²) in [5, 5.41) is 5.96. The second-order valence-corrected chi connectivity index (χ2v) is 9.49. The normalized spacial score (nSPS) is 16.1. The van der Waals surface area contributed by atoms with Gasteiger partial charge >= 0.3 is 6.09 Å². The average Bonchev–Trinajstić information content (AvgIpc) is 3.45. The van der Waals surface area contributed by atoms with Crippen LogP contribution in [0, 0.1) is 0 Å². The van der Waals surface area contributed by atoms with Crippen molar-refractivity contribution in [3.8, 4) is 22.8 Å². The van der Waals surface area contributed by atoms with Crippen LogP contribution in [0.2, 0.25) is 0 Å². The quantitative estimate of drug-likeness (QED) is 0.373. The van der Waals surface area contributed by atoms with Crippen LogP contribution in [0.1, 0.15) is 33.2 Å². The zero-order valence-corrected chi connectivity index (χ0v) is 19.6. The molecule has 0 saturated carbocycles. The Morgan fingerprint density at radius 1 is 1.00 bits per heavy atom. The molecular formula is C27H28N4O3. The molecule has 1 unspecified atom stereocenters. The number of carbonyl (C=O) groups excluding carboxylic acids is 1. The van der Waals surface area contributed by atoms with E-state index in [0.29, 0.717) is 13.1 Å². The van der Waals surface area contributed by atoms with E-state index in [4.69, 9.17) is 14.6 Å². The van der Waals surface area contributed by atoms with Crippen LogP contribution in [0.5, 0.6) is 11.5 Å². The number of aromatic nitrogens is 3. The van der Waals surface area contributed by atoms with E-state index in [0.717, 1.165) is 40.1 Å². The predicted octanol–water partition coefficient (Wildman–Crippen LogP) is 6.07. The van der Waals surface area contributed by atoms with Crippen molar-refractivity contribution >= 4 is 17.0 Å². The molecule has 1 atom stereocenters. The van der Waals surface area contributed by atoms with Crippen molar-refractivity contribution in [1.82, 2.24) is 19.7 Å². The van der Waals surface area contributed by atoms with Crippen molar-refractivity contribution < 1.29 is 14.3 Å². The van der Waals surface area contributed by atoms with Gasteiger partial charge in [0.1, 0.15) is 22.8 Å². The Labute approximate surface area is 198 Å². The van der Waals surface area contributed by atoms with Gasteiger partial charge in [0.2, 0.25) is 0 Å². The van der Waals surface area contributed by atoms with Crippen LogP contribution in [0.15, 0.2) is 73.1 Å². The fourth-order valence-corrected chi connectivity index (χ4v) is 4.22. The molecule has 0 aliphatic carbocycles. The van der Waals surface area contributed by atoms with Crippen molar-refractivity contribution in [3.63, 3.8) is 0 Å². The highest BCUT2D eigenvalue weighted by Gasteiger charge is 2.32. The van der Waals surface area contributed by atoms with Crippen LogP contribution < -0.4 is 4.74 Å². The van der Waals surface area contributed by atoms with Gasteiger partial charge in [0.05, 0.1) is 11.6 Å². The van der Waals surface area contributed by atoms with Gasteiger partial charge in [0.25, 0.3) is 0 Å². The third kappa shape index (κ3) is 4.59. The first-order chi connectivity index (χ1) is 16.4. The number of carbonyl (C=O) groups is 1. The minimum absolute atomic E-state index is 0.0758. The van der Waals surface area contributed by atoms with Gasteiger partial charge in [0.15, 0.2) is 0 Å². The molecule has 3 heterocycles. The Bertz CT molecular complexity index is 1290. The van der Waals surface area contributed by atoms with Gasteiger partial charge < -0.3 is 14.4 Å². The summed E-state index contributed by atoms with van der Waals surface area (Å²) in [6.07, 6.45) is 4.18. The molecule has 2 aromatic carbocycles. The fraction of sp³-hybridized carbons (Fsp3) is 0.296. The van der Waals surface area contributed by atoms with Crippen molar-refractivity contribution in [2.45, 2.75) is 38.8 Å². The minimum Gasteiger partial charge on any atom is -0.457 e. The molecule has 1 amide bonds. The Kier molecular flexibility index (Phi) is 5.69. The Morgan fingerprint density at radius 2 is 1.74 bits per heavy atom. The number of hydrogen-bond acceptors (Lipinski definition) is 5. The van der Waals surface area contributed by atoms with E-state index in [-0.39, 0.29) is 12.1 Å². The van der Waals surface area contributed by atoms with Gasteiger partial charge in [-0.1, -0.05) is 18.2 Å². The zero-order chi connectivity index (χ0) is 23.7. The number of hydrogen-bond donors (Lipinski definition) is 0. The lowest BCUT2D eigenvalue weighted by Gasteiger charge is -2.24. The van der Waals surface area contributed by atoms with Crippen molar-refractivity contribution in [2.75, 3.05) is 13.1 Å². The number of ether oxygens (including phenoxy) is 2. The van der Waals surface area contributed by atoms with E-state index in [1.807, 2.05) is 92.3 Å². The number of fused-ring (bicyclic) bond motifs is 1. The largest absolute Gasteiger partial charge is 0.457 e. The summed E-state index contributed by atoms with van der Waals surface area (Å²) in [4.78, 5) is 18.6. The van der Waals surface area contributed by atoms with Gasteiger partial charge in [-0.2, -0.15) is 5.10 Å². The van der Waals surface area contributed by atoms with E-state index in [1.165, 1.54) is 0 Å². The summed E-state index contributed by atoms with van der Waals surface area (Å²) in [7, 11) is 0. The highest BCUT2D eigenvalue weighted by Crippen LogP contribution is 2.33. The Balaban J connectivity index is 1.40. The summed E-state index contributed by atoms with van der Waals surface area (Å²) in [5.74, 6) is 1.56. The lowest BCUT2D eigenvalue weighted by atomic mass is 10.1. The van der Waals surface area contributed by atoms with Crippen LogP contribution in [0.4, 0.5) is 4.79 Å². The molecule has 0 bridgehead atoms. The molecule has 4 aromatic rings. The maximum absolute atomic E-state index is 12.5. The van der Waals surface area contributed by atoms with E-state index >= 15 is 0 Å². The Hall–Kier alpha value is -3.87. The highest BCUT2D eigenvalue weighted by molar-refractivity contribution is 5.92. The zero-order valence-electron chi connectivity index (χ0n) is 19.6. The first kappa shape index (κ1) is 21.9. The van der Waals surface area contributed by atoms with Gasteiger partial charge in [0, 0.05) is 36.4 Å². The van der Waals surface area contributed by atoms with Crippen LogP contribution in [-0.4, -0.2) is 44.4 Å². The topological polar surface area (TPSA) is 69.5 Å². The molecule has 7 heteroatoms. The molecule has 1 aliphatic heterocycles. The monoisotopic (exact) mass is 456 g/mol. The second kappa shape index (κ2) is 8.82. The predicted molar refractivity (Wildman–Crippen MR) is 131 cm³/mol. The van der Waals surface area contributed by atoms with Gasteiger partial charge in [-0.05, 0) is 69.7 Å². The molecule has 34 heavy (non-hydrogen) atoms. The molecule has 0 N–H and O–H groups in total. The standard InChI is InChI=1S/C27H28N4O3/c1-27(2,3)34-26(32)30-16-14-20(18-30)31-24-13-15-28-17-23(24)25(29-31)19-9-11-22(12-10-19)33-21-7-5-4-6-8-21/h4-13,15,17,20H,14,16,18H2,1-3H3. The molecule has 0 radical (unpaired) electrons. The van der Waals surface area contributed by atoms with Crippen molar-refractivity contribution in [2.24, 2.45) is 0 Å². The van der Waals surface area contributed by atoms with E-state index < -0.39 is 5.60 Å². The number of rotatable bonds is 4. The summed E-state index contributed by atoms with van der Waals surface area (Å²) >= 11 is 0. The number of likely N-dealkylation sites (tertiary alicyclic amines) is 1. The van der Waals surface area contributed by atoms with Gasteiger partial charge in [-0.25, -0.2) is 4.79 Å². The molecule has 2 aromatic heterocycles. The van der Waals surface area contributed by atoms with Crippen LogP contribution >= 0.6 is 0 Å². The van der Waals surface area contributed by atoms with E-state index in [9.17, 15) is 4.79 Å².